The van der Waals surface area contributed by atoms with Crippen molar-refractivity contribution in [1.29, 1.82) is 0 Å². The molecule has 0 aromatic rings. The van der Waals surface area contributed by atoms with Gasteiger partial charge >= 0.3 is 11.9 Å². The lowest BCUT2D eigenvalue weighted by Crippen LogP contribution is -2.06. The Morgan fingerprint density at radius 3 is 2.36 bits per heavy atom. The summed E-state index contributed by atoms with van der Waals surface area (Å²) in [6.07, 6.45) is 1.45. The van der Waals surface area contributed by atoms with Crippen molar-refractivity contribution in [3.63, 3.8) is 0 Å². The number of rotatable bonds is 7. The number of aliphatic carboxylic acids is 1. The van der Waals surface area contributed by atoms with Crippen LogP contribution in [-0.2, 0) is 14.3 Å². The zero-order valence-corrected chi connectivity index (χ0v) is 8.41. The molecule has 0 saturated carbocycles. The molecule has 0 rings (SSSR count). The molecule has 0 aliphatic heterocycles. The molecule has 0 aromatic carbocycles. The topological polar surface area (TPSA) is 63.6 Å². The lowest BCUT2D eigenvalue weighted by Gasteiger charge is -2.03. The van der Waals surface area contributed by atoms with Gasteiger partial charge in [-0.3, -0.25) is 9.59 Å². The molecule has 0 bridgehead atoms. The third kappa shape index (κ3) is 8.77. The Kier molecular flexibility index (Phi) is 6.45. The van der Waals surface area contributed by atoms with Gasteiger partial charge in [0.25, 0.3) is 0 Å². The minimum atomic E-state index is -0.833. The van der Waals surface area contributed by atoms with E-state index in [1.165, 1.54) is 0 Å². The first-order valence-corrected chi connectivity index (χ1v) is 4.54. The molecule has 0 unspecified atom stereocenters. The highest BCUT2D eigenvalue weighted by Crippen LogP contribution is 2.02. The number of hydrogen-bond donors (Lipinski definition) is 1. The number of carboxylic acid groups (broad SMARTS) is 1. The van der Waals surface area contributed by atoms with Gasteiger partial charge in [0.1, 0.15) is 6.61 Å². The van der Waals surface area contributed by atoms with E-state index in [4.69, 9.17) is 9.84 Å². The number of hydrogen-bond acceptors (Lipinski definition) is 3. The van der Waals surface area contributed by atoms with Crippen LogP contribution in [0.25, 0.3) is 0 Å². The zero-order valence-electron chi connectivity index (χ0n) is 8.41. The van der Waals surface area contributed by atoms with Gasteiger partial charge in [-0.1, -0.05) is 6.58 Å². The number of esters is 1. The summed E-state index contributed by atoms with van der Waals surface area (Å²) in [6.45, 7) is 5.62. The molecule has 0 fully saturated rings. The predicted molar refractivity (Wildman–Crippen MR) is 51.9 cm³/mol. The Morgan fingerprint density at radius 1 is 1.29 bits per heavy atom. The van der Waals surface area contributed by atoms with Gasteiger partial charge in [0.15, 0.2) is 0 Å². The van der Waals surface area contributed by atoms with Crippen molar-refractivity contribution in [1.82, 2.24) is 0 Å². The van der Waals surface area contributed by atoms with E-state index < -0.39 is 5.97 Å². The van der Waals surface area contributed by atoms with Crippen LogP contribution in [0.4, 0.5) is 0 Å². The highest BCUT2D eigenvalue weighted by Gasteiger charge is 2.03. The second-order valence-electron chi connectivity index (χ2n) is 3.22. The van der Waals surface area contributed by atoms with Gasteiger partial charge in [0.2, 0.25) is 0 Å². The molecule has 4 nitrogen and oxygen atoms in total. The van der Waals surface area contributed by atoms with E-state index in [0.717, 1.165) is 5.57 Å². The Bertz CT molecular complexity index is 220. The molecule has 80 valence electrons. The highest BCUT2D eigenvalue weighted by molar-refractivity contribution is 5.69. The number of carbonyl (C=O) groups excluding carboxylic acids is 1. The average molecular weight is 200 g/mol. The van der Waals surface area contributed by atoms with Crippen molar-refractivity contribution in [3.05, 3.63) is 12.2 Å². The fourth-order valence-corrected chi connectivity index (χ4v) is 0.821. The maximum atomic E-state index is 11.0. The lowest BCUT2D eigenvalue weighted by molar-refractivity contribution is -0.143. The summed E-state index contributed by atoms with van der Waals surface area (Å²) >= 11 is 0. The van der Waals surface area contributed by atoms with Crippen LogP contribution in [0.5, 0.6) is 0 Å². The molecule has 0 heterocycles. The van der Waals surface area contributed by atoms with Crippen molar-refractivity contribution < 1.29 is 19.4 Å². The Hall–Kier alpha value is -1.32. The minimum absolute atomic E-state index is 0.105. The van der Waals surface area contributed by atoms with Crippen LogP contribution >= 0.6 is 0 Å². The maximum Gasteiger partial charge on any atom is 0.306 e. The SMILES string of the molecule is C=C(C)COC(=O)CCCCC(=O)O. The van der Waals surface area contributed by atoms with Gasteiger partial charge in [-0.25, -0.2) is 0 Å². The molecule has 0 saturated heterocycles. The average Bonchev–Trinajstić information content (AvgIpc) is 2.08. The van der Waals surface area contributed by atoms with Crippen LogP contribution < -0.4 is 0 Å². The van der Waals surface area contributed by atoms with Crippen molar-refractivity contribution >= 4 is 11.9 Å². The standard InChI is InChI=1S/C10H16O4/c1-8(2)7-14-10(13)6-4-3-5-9(11)12/h1,3-7H2,2H3,(H,11,12). The summed E-state index contributed by atoms with van der Waals surface area (Å²) < 4.78 is 4.82. The van der Waals surface area contributed by atoms with Gasteiger partial charge in [-0.05, 0) is 25.3 Å². The summed E-state index contributed by atoms with van der Waals surface area (Å²) in [4.78, 5) is 21.1. The summed E-state index contributed by atoms with van der Waals surface area (Å²) in [5, 5.41) is 8.33. The molecule has 0 spiro atoms. The smallest absolute Gasteiger partial charge is 0.306 e. The molecule has 0 aliphatic rings. The molecule has 0 aromatic heterocycles. The van der Waals surface area contributed by atoms with E-state index in [1.54, 1.807) is 6.92 Å². The zero-order chi connectivity index (χ0) is 11.0. The van der Waals surface area contributed by atoms with E-state index in [0.29, 0.717) is 12.8 Å². The summed E-state index contributed by atoms with van der Waals surface area (Å²) in [7, 11) is 0. The highest BCUT2D eigenvalue weighted by atomic mass is 16.5. The van der Waals surface area contributed by atoms with Crippen molar-refractivity contribution in [2.24, 2.45) is 0 Å². The van der Waals surface area contributed by atoms with Crippen LogP contribution in [0.15, 0.2) is 12.2 Å². The summed E-state index contributed by atoms with van der Waals surface area (Å²) in [5.41, 5.74) is 0.795. The van der Waals surface area contributed by atoms with Crippen LogP contribution in [0.1, 0.15) is 32.6 Å². The van der Waals surface area contributed by atoms with Crippen LogP contribution in [0.3, 0.4) is 0 Å². The molecule has 0 amide bonds. The van der Waals surface area contributed by atoms with Crippen LogP contribution in [0, 0.1) is 0 Å². The van der Waals surface area contributed by atoms with Gasteiger partial charge in [-0.2, -0.15) is 0 Å². The number of carbonyl (C=O) groups is 2. The maximum absolute atomic E-state index is 11.0. The van der Waals surface area contributed by atoms with Gasteiger partial charge in [0.05, 0.1) is 0 Å². The largest absolute Gasteiger partial charge is 0.481 e. The third-order valence-electron chi connectivity index (χ3n) is 1.50. The van der Waals surface area contributed by atoms with E-state index in [9.17, 15) is 9.59 Å². The Balaban J connectivity index is 3.36. The fourth-order valence-electron chi connectivity index (χ4n) is 0.821. The Morgan fingerprint density at radius 2 is 1.86 bits per heavy atom. The second-order valence-corrected chi connectivity index (χ2v) is 3.22. The van der Waals surface area contributed by atoms with E-state index in [2.05, 4.69) is 6.58 Å². The summed E-state index contributed by atoms with van der Waals surface area (Å²) in [5.74, 6) is -1.13. The quantitative estimate of drug-likeness (QED) is 0.386. The number of unbranched alkanes of at least 4 members (excludes halogenated alkanes) is 1. The van der Waals surface area contributed by atoms with E-state index >= 15 is 0 Å². The molecule has 1 N–H and O–H groups in total. The third-order valence-corrected chi connectivity index (χ3v) is 1.50. The number of carboxylic acids is 1. The normalized spacial score (nSPS) is 9.50. The van der Waals surface area contributed by atoms with E-state index in [1.807, 2.05) is 0 Å². The first-order chi connectivity index (χ1) is 6.52. The predicted octanol–water partition coefficient (Wildman–Crippen LogP) is 1.75. The van der Waals surface area contributed by atoms with Gasteiger partial charge in [-0.15, -0.1) is 0 Å². The van der Waals surface area contributed by atoms with E-state index in [-0.39, 0.29) is 25.4 Å². The van der Waals surface area contributed by atoms with Crippen LogP contribution in [-0.4, -0.2) is 23.7 Å². The minimum Gasteiger partial charge on any atom is -0.481 e. The molecule has 4 heteroatoms. The fraction of sp³-hybridized carbons (Fsp3) is 0.600. The molecule has 0 atom stereocenters. The first kappa shape index (κ1) is 12.7. The second kappa shape index (κ2) is 7.12. The molecule has 0 aliphatic carbocycles. The van der Waals surface area contributed by atoms with Gasteiger partial charge < -0.3 is 9.84 Å². The summed E-state index contributed by atoms with van der Waals surface area (Å²) in [6, 6.07) is 0. The van der Waals surface area contributed by atoms with Gasteiger partial charge in [0, 0.05) is 12.8 Å². The van der Waals surface area contributed by atoms with Crippen LogP contribution in [0.2, 0.25) is 0 Å². The van der Waals surface area contributed by atoms with Crippen molar-refractivity contribution in [2.75, 3.05) is 6.61 Å². The van der Waals surface area contributed by atoms with Crippen molar-refractivity contribution in [3.8, 4) is 0 Å². The molecular formula is C10H16O4. The molecule has 14 heavy (non-hydrogen) atoms. The van der Waals surface area contributed by atoms with Crippen molar-refractivity contribution in [2.45, 2.75) is 32.6 Å². The molecular weight excluding hydrogens is 184 g/mol. The Labute approximate surface area is 83.6 Å². The lowest BCUT2D eigenvalue weighted by atomic mass is 10.2. The monoisotopic (exact) mass is 200 g/mol. The molecule has 0 radical (unpaired) electrons. The first-order valence-electron chi connectivity index (χ1n) is 4.54. The number of ether oxygens (including phenoxy) is 1.